The monoisotopic (exact) mass is 664 g/mol. The van der Waals surface area contributed by atoms with Gasteiger partial charge in [0.05, 0.1) is 0 Å². The number of carboxylic acids is 2. The molecule has 4 aromatic rings. The highest BCUT2D eigenvalue weighted by Gasteiger charge is 2.22. The summed E-state index contributed by atoms with van der Waals surface area (Å²) < 4.78 is 11.6. The van der Waals surface area contributed by atoms with E-state index in [1.807, 2.05) is 0 Å². The lowest BCUT2D eigenvalue weighted by Crippen LogP contribution is -2.28. The van der Waals surface area contributed by atoms with Crippen molar-refractivity contribution in [2.24, 2.45) is 0 Å². The zero-order valence-corrected chi connectivity index (χ0v) is 26.4. The SMILES string of the molecule is C/C(=C\CCNC(=O)Oc1ccc2cc(Cl)ccc2c1-c1c(OC(=O)NCC/C=C(\C)C(=O)O)ccc2cc(Cl)ccc12)C(=O)O. The molecule has 0 aliphatic carbocycles. The first-order valence-corrected chi connectivity index (χ1v) is 14.9. The topological polar surface area (TPSA) is 151 Å². The molecule has 12 heteroatoms. The Balaban J connectivity index is 1.75. The van der Waals surface area contributed by atoms with Gasteiger partial charge in [0.25, 0.3) is 0 Å². The van der Waals surface area contributed by atoms with Gasteiger partial charge in [0.15, 0.2) is 0 Å². The Morgan fingerprint density at radius 1 is 0.652 bits per heavy atom. The van der Waals surface area contributed by atoms with Gasteiger partial charge in [-0.2, -0.15) is 0 Å². The van der Waals surface area contributed by atoms with E-state index in [2.05, 4.69) is 10.6 Å². The molecule has 4 aromatic carbocycles. The number of benzene rings is 4. The lowest BCUT2D eigenvalue weighted by atomic mass is 9.92. The van der Waals surface area contributed by atoms with Gasteiger partial charge in [-0.25, -0.2) is 19.2 Å². The molecule has 2 amide bonds. The van der Waals surface area contributed by atoms with Crippen LogP contribution >= 0.6 is 23.2 Å². The van der Waals surface area contributed by atoms with E-state index in [9.17, 15) is 19.2 Å². The fourth-order valence-electron chi connectivity index (χ4n) is 4.62. The van der Waals surface area contributed by atoms with E-state index >= 15 is 0 Å². The molecule has 0 fully saturated rings. The lowest BCUT2D eigenvalue weighted by molar-refractivity contribution is -0.133. The largest absolute Gasteiger partial charge is 0.478 e. The Hall–Kier alpha value is -5.06. The minimum Gasteiger partial charge on any atom is -0.478 e. The number of carbonyl (C=O) groups is 4. The number of carboxylic acid groups (broad SMARTS) is 2. The van der Waals surface area contributed by atoms with Crippen LogP contribution in [0.2, 0.25) is 10.0 Å². The van der Waals surface area contributed by atoms with Crippen LogP contribution < -0.4 is 20.1 Å². The number of rotatable bonds is 11. The van der Waals surface area contributed by atoms with E-state index in [-0.39, 0.29) is 48.6 Å². The molecule has 0 saturated carbocycles. The summed E-state index contributed by atoms with van der Waals surface area (Å²) in [6.07, 6.45) is 1.99. The van der Waals surface area contributed by atoms with Crippen molar-refractivity contribution in [3.63, 3.8) is 0 Å². The van der Waals surface area contributed by atoms with Gasteiger partial charge in [-0.1, -0.05) is 59.6 Å². The number of fused-ring (bicyclic) bond motifs is 2. The molecule has 10 nitrogen and oxygen atoms in total. The highest BCUT2D eigenvalue weighted by Crippen LogP contribution is 2.46. The molecule has 0 spiro atoms. The standard InChI is InChI=1S/C34H30Cl2N2O8/c1-19(31(39)40)5-3-15-37-33(43)45-27-13-7-21-17-23(35)9-11-25(21)29(27)30-26-12-10-24(36)18-22(26)8-14-28(30)46-34(44)38-16-4-6-20(2)32(41)42/h5-14,17-18H,3-4,15-16H2,1-2H3,(H,37,43)(H,38,44)(H,39,40)(H,41,42)/b19-5+,20-6+. The average Bonchev–Trinajstić information content (AvgIpc) is 3.01. The molecule has 0 unspecified atom stereocenters. The third kappa shape index (κ3) is 8.56. The fourth-order valence-corrected chi connectivity index (χ4v) is 4.98. The summed E-state index contributed by atoms with van der Waals surface area (Å²) in [4.78, 5) is 47.9. The number of amides is 2. The Morgan fingerprint density at radius 2 is 1.04 bits per heavy atom. The summed E-state index contributed by atoms with van der Waals surface area (Å²) in [6, 6.07) is 17.1. The Labute approximate surface area is 274 Å². The molecule has 0 radical (unpaired) electrons. The van der Waals surface area contributed by atoms with Crippen LogP contribution in [-0.2, 0) is 9.59 Å². The maximum absolute atomic E-state index is 12.9. The van der Waals surface area contributed by atoms with Gasteiger partial charge < -0.3 is 30.3 Å². The first-order valence-electron chi connectivity index (χ1n) is 14.1. The normalized spacial score (nSPS) is 11.7. The second kappa shape index (κ2) is 15.3. The number of nitrogens with one attached hydrogen (secondary N) is 2. The third-order valence-corrected chi connectivity index (χ3v) is 7.42. The molecular formula is C34H30Cl2N2O8. The van der Waals surface area contributed by atoms with Gasteiger partial charge in [-0.3, -0.25) is 0 Å². The van der Waals surface area contributed by atoms with Crippen molar-refractivity contribution in [2.45, 2.75) is 26.7 Å². The van der Waals surface area contributed by atoms with Crippen LogP contribution in [0.3, 0.4) is 0 Å². The Kier molecular flexibility index (Phi) is 11.2. The molecule has 4 N–H and O–H groups in total. The van der Waals surface area contributed by atoms with E-state index < -0.39 is 24.1 Å². The van der Waals surface area contributed by atoms with Gasteiger partial charge in [0, 0.05) is 45.4 Å². The highest BCUT2D eigenvalue weighted by molar-refractivity contribution is 6.32. The predicted octanol–water partition coefficient (Wildman–Crippen LogP) is 7.99. The predicted molar refractivity (Wildman–Crippen MR) is 177 cm³/mol. The van der Waals surface area contributed by atoms with Crippen LogP contribution in [0.15, 0.2) is 84.0 Å². The molecule has 0 saturated heterocycles. The van der Waals surface area contributed by atoms with Crippen LogP contribution in [0.25, 0.3) is 32.7 Å². The molecule has 4 rings (SSSR count). The molecule has 0 bridgehead atoms. The zero-order valence-electron chi connectivity index (χ0n) is 24.9. The second-order valence-corrected chi connectivity index (χ2v) is 11.1. The van der Waals surface area contributed by atoms with Crippen molar-refractivity contribution < 1.29 is 38.9 Å². The summed E-state index contributed by atoms with van der Waals surface area (Å²) in [5, 5.41) is 27.0. The quantitative estimate of drug-likeness (QED) is 0.0930. The van der Waals surface area contributed by atoms with Crippen LogP contribution in [-0.4, -0.2) is 47.4 Å². The smallest absolute Gasteiger partial charge is 0.412 e. The Morgan fingerprint density at radius 3 is 1.41 bits per heavy atom. The second-order valence-electron chi connectivity index (χ2n) is 10.2. The maximum atomic E-state index is 12.9. The van der Waals surface area contributed by atoms with Gasteiger partial charge in [0.2, 0.25) is 0 Å². The first kappa shape index (κ1) is 33.8. The fraction of sp³-hybridized carbons (Fsp3) is 0.176. The first-order chi connectivity index (χ1) is 21.9. The number of halogens is 2. The van der Waals surface area contributed by atoms with Crippen LogP contribution in [0.4, 0.5) is 9.59 Å². The minimum atomic E-state index is -1.04. The summed E-state index contributed by atoms with van der Waals surface area (Å²) >= 11 is 12.6. The average molecular weight is 666 g/mol. The van der Waals surface area contributed by atoms with Crippen molar-refractivity contribution in [3.8, 4) is 22.6 Å². The number of ether oxygens (including phenoxy) is 2. The summed E-state index contributed by atoms with van der Waals surface area (Å²) in [5.41, 5.74) is 1.21. The van der Waals surface area contributed by atoms with Gasteiger partial charge in [-0.05, 0) is 84.6 Å². The minimum absolute atomic E-state index is 0.129. The highest BCUT2D eigenvalue weighted by atomic mass is 35.5. The number of aliphatic carboxylic acids is 2. The molecule has 46 heavy (non-hydrogen) atoms. The molecular weight excluding hydrogens is 635 g/mol. The van der Waals surface area contributed by atoms with Gasteiger partial charge in [0.1, 0.15) is 11.5 Å². The maximum Gasteiger partial charge on any atom is 0.412 e. The molecule has 0 heterocycles. The van der Waals surface area contributed by atoms with E-state index in [0.717, 1.165) is 10.8 Å². The van der Waals surface area contributed by atoms with E-state index in [1.54, 1.807) is 60.7 Å². The summed E-state index contributed by atoms with van der Waals surface area (Å²) in [7, 11) is 0. The molecule has 0 atom stereocenters. The van der Waals surface area contributed by atoms with Gasteiger partial charge in [-0.15, -0.1) is 0 Å². The summed E-state index contributed by atoms with van der Waals surface area (Å²) in [6.45, 7) is 3.18. The zero-order chi connectivity index (χ0) is 33.4. The molecule has 238 valence electrons. The van der Waals surface area contributed by atoms with E-state index in [4.69, 9.17) is 42.9 Å². The van der Waals surface area contributed by atoms with Crippen molar-refractivity contribution >= 4 is 68.9 Å². The number of hydrogen-bond acceptors (Lipinski definition) is 6. The van der Waals surface area contributed by atoms with Crippen molar-refractivity contribution in [1.82, 2.24) is 10.6 Å². The number of carbonyl (C=O) groups excluding carboxylic acids is 2. The Bertz CT molecular complexity index is 1760. The van der Waals surface area contributed by atoms with Crippen molar-refractivity contribution in [1.29, 1.82) is 0 Å². The van der Waals surface area contributed by atoms with Crippen molar-refractivity contribution in [3.05, 3.63) is 94.0 Å². The van der Waals surface area contributed by atoms with Gasteiger partial charge >= 0.3 is 24.1 Å². The van der Waals surface area contributed by atoms with Crippen LogP contribution in [0.5, 0.6) is 11.5 Å². The van der Waals surface area contributed by atoms with Crippen LogP contribution in [0.1, 0.15) is 26.7 Å². The van der Waals surface area contributed by atoms with Crippen molar-refractivity contribution in [2.75, 3.05) is 13.1 Å². The number of hydrogen-bond donors (Lipinski definition) is 4. The van der Waals surface area contributed by atoms with E-state index in [1.165, 1.54) is 26.0 Å². The third-order valence-electron chi connectivity index (χ3n) is 6.95. The lowest BCUT2D eigenvalue weighted by Gasteiger charge is -2.19. The molecule has 0 aliphatic rings. The van der Waals surface area contributed by atoms with Crippen LogP contribution in [0, 0.1) is 0 Å². The van der Waals surface area contributed by atoms with E-state index in [0.29, 0.717) is 31.9 Å². The molecule has 0 aromatic heterocycles. The summed E-state index contributed by atoms with van der Waals surface area (Å²) in [5.74, 6) is -1.77. The molecule has 0 aliphatic heterocycles.